The van der Waals surface area contributed by atoms with Crippen molar-refractivity contribution >= 4 is 15.9 Å². The van der Waals surface area contributed by atoms with Crippen molar-refractivity contribution in [2.75, 3.05) is 0 Å². The van der Waals surface area contributed by atoms with Crippen LogP contribution in [-0.2, 0) is 0 Å². The van der Waals surface area contributed by atoms with E-state index in [0.29, 0.717) is 5.56 Å². The second kappa shape index (κ2) is 6.04. The average Bonchev–Trinajstić information content (AvgIpc) is 2.37. The normalized spacial score (nSPS) is 12.5. The number of hydrogen-bond acceptors (Lipinski definition) is 2. The van der Waals surface area contributed by atoms with Crippen molar-refractivity contribution in [1.82, 2.24) is 5.43 Å². The fraction of sp³-hybridized carbons (Fsp3) is 0.250. The Morgan fingerprint density at radius 2 is 1.80 bits per heavy atom. The number of rotatable bonds is 3. The molecule has 2 nitrogen and oxygen atoms in total. The van der Waals surface area contributed by atoms with Crippen LogP contribution >= 0.6 is 15.9 Å². The van der Waals surface area contributed by atoms with Gasteiger partial charge in [0.1, 0.15) is 5.82 Å². The molecule has 2 aromatic rings. The molecule has 2 rings (SSSR count). The third kappa shape index (κ3) is 2.92. The molecule has 2 aromatic carbocycles. The van der Waals surface area contributed by atoms with Crippen molar-refractivity contribution in [1.29, 1.82) is 0 Å². The minimum atomic E-state index is -0.368. The van der Waals surface area contributed by atoms with Gasteiger partial charge in [0.25, 0.3) is 0 Å². The van der Waals surface area contributed by atoms with Crippen LogP contribution in [0.1, 0.15) is 33.9 Å². The second-order valence-corrected chi connectivity index (χ2v) is 5.99. The topological polar surface area (TPSA) is 38.0 Å². The molecule has 1 unspecified atom stereocenters. The van der Waals surface area contributed by atoms with E-state index in [-0.39, 0.29) is 11.9 Å². The first-order valence-electron chi connectivity index (χ1n) is 6.43. The molecule has 0 heterocycles. The molecule has 20 heavy (non-hydrogen) atoms. The monoisotopic (exact) mass is 336 g/mol. The first kappa shape index (κ1) is 15.2. The minimum absolute atomic E-state index is 0.232. The molecule has 0 bridgehead atoms. The van der Waals surface area contributed by atoms with Gasteiger partial charge in [-0.25, -0.2) is 9.82 Å². The lowest BCUT2D eigenvalue weighted by atomic mass is 9.91. The van der Waals surface area contributed by atoms with Gasteiger partial charge in [-0.05, 0) is 61.2 Å². The lowest BCUT2D eigenvalue weighted by molar-refractivity contribution is 0.555. The van der Waals surface area contributed by atoms with Gasteiger partial charge in [0.15, 0.2) is 0 Å². The fourth-order valence-corrected chi connectivity index (χ4v) is 2.92. The SMILES string of the molecule is Cc1cc(C)c(C(NN)c2cc(Br)ccc2C)c(F)c1. The molecule has 0 aliphatic heterocycles. The van der Waals surface area contributed by atoms with E-state index in [2.05, 4.69) is 21.4 Å². The summed E-state index contributed by atoms with van der Waals surface area (Å²) in [4.78, 5) is 0. The van der Waals surface area contributed by atoms with Crippen LogP contribution in [-0.4, -0.2) is 0 Å². The summed E-state index contributed by atoms with van der Waals surface area (Å²) in [5.41, 5.74) is 7.17. The van der Waals surface area contributed by atoms with Crippen LogP contribution in [0.5, 0.6) is 0 Å². The molecule has 0 aromatic heterocycles. The average molecular weight is 337 g/mol. The van der Waals surface area contributed by atoms with Gasteiger partial charge >= 0.3 is 0 Å². The van der Waals surface area contributed by atoms with Crippen molar-refractivity contribution in [3.05, 3.63) is 68.4 Å². The summed E-state index contributed by atoms with van der Waals surface area (Å²) in [5.74, 6) is 5.47. The number of nitrogens with one attached hydrogen (secondary N) is 1. The molecule has 0 radical (unpaired) electrons. The van der Waals surface area contributed by atoms with Gasteiger partial charge in [0.05, 0.1) is 6.04 Å². The molecule has 0 aliphatic rings. The van der Waals surface area contributed by atoms with Crippen LogP contribution in [0.2, 0.25) is 0 Å². The lowest BCUT2D eigenvalue weighted by Gasteiger charge is -2.22. The minimum Gasteiger partial charge on any atom is -0.271 e. The van der Waals surface area contributed by atoms with Crippen LogP contribution in [0.15, 0.2) is 34.8 Å². The van der Waals surface area contributed by atoms with Crippen LogP contribution in [0.4, 0.5) is 4.39 Å². The second-order valence-electron chi connectivity index (χ2n) is 5.08. The number of hydrogen-bond donors (Lipinski definition) is 2. The first-order chi connectivity index (χ1) is 9.43. The molecule has 0 saturated heterocycles. The van der Waals surface area contributed by atoms with Crippen molar-refractivity contribution in [3.8, 4) is 0 Å². The Kier molecular flexibility index (Phi) is 4.58. The van der Waals surface area contributed by atoms with Crippen molar-refractivity contribution < 1.29 is 4.39 Å². The maximum Gasteiger partial charge on any atom is 0.128 e. The van der Waals surface area contributed by atoms with Gasteiger partial charge in [-0.1, -0.05) is 28.1 Å². The smallest absolute Gasteiger partial charge is 0.128 e. The Balaban J connectivity index is 2.61. The van der Waals surface area contributed by atoms with Crippen LogP contribution in [0.3, 0.4) is 0 Å². The van der Waals surface area contributed by atoms with Gasteiger partial charge in [0.2, 0.25) is 0 Å². The molecular formula is C16H18BrFN2. The zero-order chi connectivity index (χ0) is 14.9. The third-order valence-electron chi connectivity index (χ3n) is 3.49. The Morgan fingerprint density at radius 3 is 2.40 bits per heavy atom. The molecule has 3 N–H and O–H groups in total. The van der Waals surface area contributed by atoms with E-state index >= 15 is 0 Å². The summed E-state index contributed by atoms with van der Waals surface area (Å²) in [6.45, 7) is 5.78. The zero-order valence-electron chi connectivity index (χ0n) is 11.8. The van der Waals surface area contributed by atoms with Crippen LogP contribution in [0, 0.1) is 26.6 Å². The van der Waals surface area contributed by atoms with Crippen molar-refractivity contribution in [2.24, 2.45) is 5.84 Å². The van der Waals surface area contributed by atoms with Gasteiger partial charge in [-0.15, -0.1) is 0 Å². The van der Waals surface area contributed by atoms with Crippen molar-refractivity contribution in [2.45, 2.75) is 26.8 Å². The maximum atomic E-state index is 14.4. The highest BCUT2D eigenvalue weighted by atomic mass is 79.9. The third-order valence-corrected chi connectivity index (χ3v) is 3.98. The highest BCUT2D eigenvalue weighted by Crippen LogP contribution is 2.31. The molecule has 0 amide bonds. The Morgan fingerprint density at radius 1 is 1.10 bits per heavy atom. The summed E-state index contributed by atoms with van der Waals surface area (Å²) < 4.78 is 15.3. The quantitative estimate of drug-likeness (QED) is 0.655. The molecule has 0 saturated carbocycles. The van der Waals surface area contributed by atoms with Crippen LogP contribution in [0.25, 0.3) is 0 Å². The molecule has 106 valence electrons. The van der Waals surface area contributed by atoms with E-state index in [1.165, 1.54) is 0 Å². The number of aryl methyl sites for hydroxylation is 3. The summed E-state index contributed by atoms with van der Waals surface area (Å²) in [6.07, 6.45) is 0. The number of benzene rings is 2. The standard InChI is InChI=1S/C16H18BrFN2/c1-9-6-11(3)15(14(18)7-9)16(20-19)13-8-12(17)5-4-10(13)2/h4-8,16,20H,19H2,1-3H3. The maximum absolute atomic E-state index is 14.4. The predicted molar refractivity (Wildman–Crippen MR) is 83.9 cm³/mol. The lowest BCUT2D eigenvalue weighted by Crippen LogP contribution is -2.30. The van der Waals surface area contributed by atoms with Gasteiger partial charge in [-0.2, -0.15) is 0 Å². The molecular weight excluding hydrogens is 319 g/mol. The Hall–Kier alpha value is -1.23. The molecule has 4 heteroatoms. The van der Waals surface area contributed by atoms with E-state index in [0.717, 1.165) is 26.7 Å². The van der Waals surface area contributed by atoms with Crippen molar-refractivity contribution in [3.63, 3.8) is 0 Å². The molecule has 0 fully saturated rings. The van der Waals surface area contributed by atoms with E-state index in [1.54, 1.807) is 6.07 Å². The summed E-state index contributed by atoms with van der Waals surface area (Å²) in [5, 5.41) is 0. The van der Waals surface area contributed by atoms with Gasteiger partial charge < -0.3 is 0 Å². The molecule has 1 atom stereocenters. The molecule has 0 spiro atoms. The Bertz CT molecular complexity index is 617. The van der Waals surface area contributed by atoms with E-state index in [9.17, 15) is 4.39 Å². The largest absolute Gasteiger partial charge is 0.271 e. The zero-order valence-corrected chi connectivity index (χ0v) is 13.4. The first-order valence-corrected chi connectivity index (χ1v) is 7.22. The molecule has 0 aliphatic carbocycles. The summed E-state index contributed by atoms with van der Waals surface area (Å²) in [7, 11) is 0. The van der Waals surface area contributed by atoms with Crippen LogP contribution < -0.4 is 11.3 Å². The number of halogens is 2. The fourth-order valence-electron chi connectivity index (χ4n) is 2.54. The van der Waals surface area contributed by atoms with Gasteiger partial charge in [-0.3, -0.25) is 5.84 Å². The summed E-state index contributed by atoms with van der Waals surface area (Å²) in [6, 6.07) is 9.07. The number of nitrogens with two attached hydrogens (primary N) is 1. The van der Waals surface area contributed by atoms with E-state index in [4.69, 9.17) is 5.84 Å². The highest BCUT2D eigenvalue weighted by Gasteiger charge is 2.21. The van der Waals surface area contributed by atoms with E-state index in [1.807, 2.05) is 45.0 Å². The predicted octanol–water partition coefficient (Wildman–Crippen LogP) is 4.07. The van der Waals surface area contributed by atoms with E-state index < -0.39 is 0 Å². The van der Waals surface area contributed by atoms with Gasteiger partial charge in [0, 0.05) is 10.0 Å². The summed E-state index contributed by atoms with van der Waals surface area (Å²) >= 11 is 3.45. The number of hydrazine groups is 1. The highest BCUT2D eigenvalue weighted by molar-refractivity contribution is 9.10. The Labute approximate surface area is 127 Å².